The Hall–Kier alpha value is -1.14. The number of hydrogen-bond acceptors (Lipinski definition) is 4. The van der Waals surface area contributed by atoms with E-state index in [2.05, 4.69) is 10.2 Å². The Morgan fingerprint density at radius 1 is 1.10 bits per heavy atom. The molecule has 0 aromatic rings. The van der Waals surface area contributed by atoms with Crippen molar-refractivity contribution < 1.29 is 9.59 Å². The molecule has 0 radical (unpaired) electrons. The van der Waals surface area contributed by atoms with Gasteiger partial charge in [-0.2, -0.15) is 0 Å². The average Bonchev–Trinajstić information content (AvgIpc) is 3.28. The molecule has 1 saturated heterocycles. The van der Waals surface area contributed by atoms with E-state index in [4.69, 9.17) is 5.73 Å². The van der Waals surface area contributed by atoms with Gasteiger partial charge in [-0.05, 0) is 26.7 Å². The van der Waals surface area contributed by atoms with Crippen LogP contribution >= 0.6 is 0 Å². The number of nitrogens with zero attached hydrogens (tertiary/aromatic N) is 2. The summed E-state index contributed by atoms with van der Waals surface area (Å²) in [6, 6.07) is 0.155. The van der Waals surface area contributed by atoms with E-state index >= 15 is 0 Å². The van der Waals surface area contributed by atoms with E-state index in [1.807, 2.05) is 25.7 Å². The summed E-state index contributed by atoms with van der Waals surface area (Å²) in [5.41, 5.74) is 5.80. The van der Waals surface area contributed by atoms with Crippen LogP contribution in [-0.4, -0.2) is 65.9 Å². The molecule has 0 aromatic carbocycles. The number of carbonyl (C=O) groups excluding carboxylic acids is 2. The van der Waals surface area contributed by atoms with Crippen LogP contribution in [0.15, 0.2) is 0 Å². The summed E-state index contributed by atoms with van der Waals surface area (Å²) >= 11 is 0. The monoisotopic (exact) mass is 296 g/mol. The molecule has 0 bridgehead atoms. The maximum absolute atomic E-state index is 12.3. The van der Waals surface area contributed by atoms with Gasteiger partial charge >= 0.3 is 0 Å². The molecule has 1 heterocycles. The van der Waals surface area contributed by atoms with Crippen molar-refractivity contribution in [1.29, 1.82) is 0 Å². The van der Waals surface area contributed by atoms with Crippen LogP contribution in [0.25, 0.3) is 0 Å². The normalized spacial score (nSPS) is 24.3. The number of carbonyl (C=O) groups is 2. The van der Waals surface area contributed by atoms with Crippen LogP contribution in [-0.2, 0) is 9.59 Å². The molecule has 1 aliphatic heterocycles. The van der Waals surface area contributed by atoms with Crippen molar-refractivity contribution in [2.75, 3.05) is 26.2 Å². The van der Waals surface area contributed by atoms with Crippen LogP contribution in [0.1, 0.15) is 33.6 Å². The van der Waals surface area contributed by atoms with Gasteiger partial charge < -0.3 is 16.0 Å². The summed E-state index contributed by atoms with van der Waals surface area (Å²) in [5, 5.41) is 3.04. The Labute approximate surface area is 127 Å². The van der Waals surface area contributed by atoms with Gasteiger partial charge in [0.25, 0.3) is 0 Å². The predicted octanol–water partition coefficient (Wildman–Crippen LogP) is -0.219. The molecule has 1 aliphatic carbocycles. The smallest absolute Gasteiger partial charge is 0.237 e. The van der Waals surface area contributed by atoms with Gasteiger partial charge in [0.1, 0.15) is 0 Å². The molecule has 2 rings (SSSR count). The number of nitrogens with one attached hydrogen (secondary N) is 1. The Morgan fingerprint density at radius 2 is 1.67 bits per heavy atom. The minimum atomic E-state index is -0.146. The maximum atomic E-state index is 12.3. The lowest BCUT2D eigenvalue weighted by atomic mass is 10.0. The van der Waals surface area contributed by atoms with Crippen molar-refractivity contribution in [2.24, 2.45) is 11.7 Å². The molecular formula is C15H28N4O2. The SMILES string of the molecule is CC(N)C(C)C(=O)N1CCN(C(C)C(=O)NC2CC2)CC1. The quantitative estimate of drug-likeness (QED) is 0.735. The molecule has 2 fully saturated rings. The largest absolute Gasteiger partial charge is 0.352 e. The topological polar surface area (TPSA) is 78.7 Å². The molecule has 21 heavy (non-hydrogen) atoms. The van der Waals surface area contributed by atoms with Crippen molar-refractivity contribution in [1.82, 2.24) is 15.1 Å². The van der Waals surface area contributed by atoms with Crippen molar-refractivity contribution in [3.63, 3.8) is 0 Å². The van der Waals surface area contributed by atoms with Gasteiger partial charge in [0.2, 0.25) is 11.8 Å². The van der Waals surface area contributed by atoms with Crippen molar-refractivity contribution >= 4 is 11.8 Å². The van der Waals surface area contributed by atoms with E-state index in [1.54, 1.807) is 0 Å². The highest BCUT2D eigenvalue weighted by atomic mass is 16.2. The van der Waals surface area contributed by atoms with Crippen LogP contribution < -0.4 is 11.1 Å². The third kappa shape index (κ3) is 4.17. The Balaban J connectivity index is 1.79. The Kier molecular flexibility index (Phi) is 5.22. The average molecular weight is 296 g/mol. The van der Waals surface area contributed by atoms with Crippen LogP contribution in [0, 0.1) is 5.92 Å². The summed E-state index contributed by atoms with van der Waals surface area (Å²) in [4.78, 5) is 28.3. The molecule has 6 nitrogen and oxygen atoms in total. The minimum absolute atomic E-state index is 0.112. The van der Waals surface area contributed by atoms with Crippen molar-refractivity contribution in [3.8, 4) is 0 Å². The first kappa shape index (κ1) is 16.2. The molecule has 3 N–H and O–H groups in total. The van der Waals surface area contributed by atoms with E-state index < -0.39 is 0 Å². The summed E-state index contributed by atoms with van der Waals surface area (Å²) in [7, 11) is 0. The van der Waals surface area contributed by atoms with E-state index in [0.717, 1.165) is 25.9 Å². The zero-order valence-corrected chi connectivity index (χ0v) is 13.3. The van der Waals surface area contributed by atoms with Gasteiger partial charge in [-0.1, -0.05) is 6.92 Å². The molecule has 6 heteroatoms. The van der Waals surface area contributed by atoms with Gasteiger partial charge in [0.15, 0.2) is 0 Å². The highest BCUT2D eigenvalue weighted by molar-refractivity contribution is 5.82. The fourth-order valence-electron chi connectivity index (χ4n) is 2.56. The molecule has 3 atom stereocenters. The lowest BCUT2D eigenvalue weighted by molar-refractivity contribution is -0.138. The summed E-state index contributed by atoms with van der Waals surface area (Å²) in [6.45, 7) is 8.54. The molecule has 0 spiro atoms. The second-order valence-corrected chi connectivity index (χ2v) is 6.47. The second-order valence-electron chi connectivity index (χ2n) is 6.47. The number of rotatable bonds is 5. The molecule has 2 aliphatic rings. The van der Waals surface area contributed by atoms with E-state index in [9.17, 15) is 9.59 Å². The number of hydrogen-bond donors (Lipinski definition) is 2. The standard InChI is InChI=1S/C15H28N4O2/c1-10(11(2)16)15(21)19-8-6-18(7-9-19)12(3)14(20)17-13-4-5-13/h10-13H,4-9,16H2,1-3H3,(H,17,20). The van der Waals surface area contributed by atoms with Gasteiger partial charge in [-0.3, -0.25) is 14.5 Å². The molecule has 0 aromatic heterocycles. The minimum Gasteiger partial charge on any atom is -0.352 e. The maximum Gasteiger partial charge on any atom is 0.237 e. The molecule has 120 valence electrons. The first-order valence-corrected chi connectivity index (χ1v) is 7.99. The zero-order valence-electron chi connectivity index (χ0n) is 13.3. The van der Waals surface area contributed by atoms with Crippen LogP contribution in [0.5, 0.6) is 0 Å². The van der Waals surface area contributed by atoms with Gasteiger partial charge in [-0.25, -0.2) is 0 Å². The van der Waals surface area contributed by atoms with Crippen LogP contribution in [0.4, 0.5) is 0 Å². The van der Waals surface area contributed by atoms with E-state index in [1.165, 1.54) is 0 Å². The third-order valence-electron chi connectivity index (χ3n) is 4.66. The summed E-state index contributed by atoms with van der Waals surface area (Å²) in [6.07, 6.45) is 2.21. The fourth-order valence-corrected chi connectivity index (χ4v) is 2.56. The van der Waals surface area contributed by atoms with Gasteiger partial charge in [0.05, 0.1) is 12.0 Å². The third-order valence-corrected chi connectivity index (χ3v) is 4.66. The highest BCUT2D eigenvalue weighted by Crippen LogP contribution is 2.19. The first-order chi connectivity index (χ1) is 9.90. The molecule has 1 saturated carbocycles. The zero-order chi connectivity index (χ0) is 15.6. The molecule has 3 unspecified atom stereocenters. The molecular weight excluding hydrogens is 268 g/mol. The lowest BCUT2D eigenvalue weighted by Gasteiger charge is -2.38. The van der Waals surface area contributed by atoms with Crippen molar-refractivity contribution in [2.45, 2.75) is 51.7 Å². The van der Waals surface area contributed by atoms with Crippen LogP contribution in [0.3, 0.4) is 0 Å². The summed E-state index contributed by atoms with van der Waals surface area (Å²) in [5.74, 6) is 0.0908. The fraction of sp³-hybridized carbons (Fsp3) is 0.867. The Morgan fingerprint density at radius 3 is 2.14 bits per heavy atom. The lowest BCUT2D eigenvalue weighted by Crippen LogP contribution is -2.56. The summed E-state index contributed by atoms with van der Waals surface area (Å²) < 4.78 is 0. The van der Waals surface area contributed by atoms with Crippen molar-refractivity contribution in [3.05, 3.63) is 0 Å². The van der Waals surface area contributed by atoms with Gasteiger partial charge in [-0.15, -0.1) is 0 Å². The number of piperazine rings is 1. The Bertz CT molecular complexity index is 387. The first-order valence-electron chi connectivity index (χ1n) is 7.99. The number of amides is 2. The molecule has 2 amide bonds. The number of nitrogens with two attached hydrogens (primary N) is 1. The van der Waals surface area contributed by atoms with Crippen LogP contribution in [0.2, 0.25) is 0 Å². The van der Waals surface area contributed by atoms with E-state index in [0.29, 0.717) is 19.1 Å². The second kappa shape index (κ2) is 6.75. The van der Waals surface area contributed by atoms with E-state index in [-0.39, 0.29) is 29.8 Å². The van der Waals surface area contributed by atoms with Gasteiger partial charge in [0, 0.05) is 38.3 Å². The predicted molar refractivity (Wildman–Crippen MR) is 81.6 cm³/mol. The highest BCUT2D eigenvalue weighted by Gasteiger charge is 2.32.